The third-order valence-corrected chi connectivity index (χ3v) is 3.73. The van der Waals surface area contributed by atoms with Crippen LogP contribution >= 0.6 is 11.3 Å². The molecule has 1 heterocycles. The molecule has 0 amide bonds. The van der Waals surface area contributed by atoms with Crippen molar-refractivity contribution in [3.05, 3.63) is 70.9 Å². The Labute approximate surface area is 107 Å². The lowest BCUT2D eigenvalue weighted by Gasteiger charge is -2.13. The molecule has 88 valence electrons. The van der Waals surface area contributed by atoms with Gasteiger partial charge in [-0.1, -0.05) is 42.5 Å². The first-order valence-electron chi connectivity index (χ1n) is 5.91. The summed E-state index contributed by atoms with van der Waals surface area (Å²) in [4.78, 5) is 1.43. The first-order chi connectivity index (χ1) is 8.40. The van der Waals surface area contributed by atoms with E-state index in [1.54, 1.807) is 0 Å². The van der Waals surface area contributed by atoms with Gasteiger partial charge in [0.25, 0.3) is 0 Å². The maximum atomic E-state index is 3.85. The highest BCUT2D eigenvalue weighted by atomic mass is 32.1. The van der Waals surface area contributed by atoms with Crippen molar-refractivity contribution in [2.75, 3.05) is 0 Å². The number of hydrogen-bond donors (Lipinski definition) is 1. The first kappa shape index (κ1) is 12.1. The number of thiophene rings is 1. The van der Waals surface area contributed by atoms with E-state index in [-0.39, 0.29) is 0 Å². The van der Waals surface area contributed by atoms with Crippen molar-refractivity contribution in [2.45, 2.75) is 19.0 Å². The molecule has 1 nitrogen and oxygen atoms in total. The van der Waals surface area contributed by atoms with Crippen LogP contribution in [0.15, 0.2) is 60.5 Å². The van der Waals surface area contributed by atoms with Crippen LogP contribution in [0, 0.1) is 0 Å². The highest BCUT2D eigenvalue weighted by molar-refractivity contribution is 7.09. The minimum Gasteiger partial charge on any atom is -0.335 e. The molecule has 1 aromatic carbocycles. The van der Waals surface area contributed by atoms with Crippen LogP contribution in [0.2, 0.25) is 0 Å². The van der Waals surface area contributed by atoms with Gasteiger partial charge in [0.15, 0.2) is 0 Å². The van der Waals surface area contributed by atoms with Crippen LogP contribution in [0.1, 0.15) is 22.9 Å². The standard InChI is InChI=1S/C15H17NS/c1-2-7-15(13-8-4-3-5-9-13)16-12-14-10-6-11-17-14/h2-6,8-11,15-16H,1,7,12H2/p+1/t15-/m1/s1. The highest BCUT2D eigenvalue weighted by Gasteiger charge is 2.12. The minimum absolute atomic E-state index is 0.482. The molecule has 0 radical (unpaired) electrons. The molecule has 1 aromatic heterocycles. The van der Waals surface area contributed by atoms with Crippen molar-refractivity contribution in [1.82, 2.24) is 0 Å². The second-order valence-electron chi connectivity index (χ2n) is 4.06. The molecule has 0 unspecified atom stereocenters. The highest BCUT2D eigenvalue weighted by Crippen LogP contribution is 2.13. The van der Waals surface area contributed by atoms with E-state index >= 15 is 0 Å². The van der Waals surface area contributed by atoms with Gasteiger partial charge in [-0.05, 0) is 11.4 Å². The normalized spacial score (nSPS) is 12.2. The van der Waals surface area contributed by atoms with E-state index in [1.807, 2.05) is 17.4 Å². The van der Waals surface area contributed by atoms with E-state index in [0.29, 0.717) is 6.04 Å². The molecular weight excluding hydrogens is 226 g/mol. The Hall–Kier alpha value is -1.38. The number of benzene rings is 1. The fraction of sp³-hybridized carbons (Fsp3) is 0.200. The molecular formula is C15H18NS+. The second-order valence-corrected chi connectivity index (χ2v) is 5.09. The van der Waals surface area contributed by atoms with Crippen molar-refractivity contribution < 1.29 is 5.32 Å². The van der Waals surface area contributed by atoms with Gasteiger partial charge < -0.3 is 5.32 Å². The van der Waals surface area contributed by atoms with Gasteiger partial charge in [0, 0.05) is 12.0 Å². The average molecular weight is 244 g/mol. The first-order valence-corrected chi connectivity index (χ1v) is 6.79. The van der Waals surface area contributed by atoms with Crippen molar-refractivity contribution in [3.63, 3.8) is 0 Å². The molecule has 0 spiro atoms. The minimum atomic E-state index is 0.482. The number of quaternary nitrogens is 1. The van der Waals surface area contributed by atoms with Crippen molar-refractivity contribution in [3.8, 4) is 0 Å². The molecule has 0 saturated carbocycles. The van der Waals surface area contributed by atoms with Gasteiger partial charge >= 0.3 is 0 Å². The van der Waals surface area contributed by atoms with E-state index in [1.165, 1.54) is 10.4 Å². The topological polar surface area (TPSA) is 16.6 Å². The van der Waals surface area contributed by atoms with Gasteiger partial charge in [-0.25, -0.2) is 0 Å². The molecule has 2 aromatic rings. The van der Waals surface area contributed by atoms with Crippen LogP contribution in [-0.2, 0) is 6.54 Å². The molecule has 0 aliphatic rings. The maximum Gasteiger partial charge on any atom is 0.115 e. The molecule has 0 saturated heterocycles. The summed E-state index contributed by atoms with van der Waals surface area (Å²) in [7, 11) is 0. The van der Waals surface area contributed by atoms with E-state index in [0.717, 1.165) is 13.0 Å². The summed E-state index contributed by atoms with van der Waals surface area (Å²) in [6, 6.07) is 15.4. The molecule has 0 aliphatic carbocycles. The molecule has 0 bridgehead atoms. The molecule has 0 aliphatic heterocycles. The van der Waals surface area contributed by atoms with Gasteiger partial charge in [0.05, 0.1) is 4.88 Å². The van der Waals surface area contributed by atoms with Crippen LogP contribution in [0.25, 0.3) is 0 Å². The Morgan fingerprint density at radius 1 is 1.18 bits per heavy atom. The Morgan fingerprint density at radius 3 is 2.65 bits per heavy atom. The van der Waals surface area contributed by atoms with Crippen molar-refractivity contribution in [2.24, 2.45) is 0 Å². The average Bonchev–Trinajstić information content (AvgIpc) is 2.88. The fourth-order valence-corrected chi connectivity index (χ4v) is 2.62. The molecule has 2 N–H and O–H groups in total. The van der Waals surface area contributed by atoms with E-state index in [2.05, 4.69) is 59.7 Å². The number of rotatable bonds is 6. The Bertz CT molecular complexity index is 433. The van der Waals surface area contributed by atoms with Crippen LogP contribution < -0.4 is 5.32 Å². The maximum absolute atomic E-state index is 3.85. The van der Waals surface area contributed by atoms with Gasteiger partial charge in [0.2, 0.25) is 0 Å². The molecule has 17 heavy (non-hydrogen) atoms. The smallest absolute Gasteiger partial charge is 0.115 e. The van der Waals surface area contributed by atoms with E-state index < -0.39 is 0 Å². The Morgan fingerprint density at radius 2 is 2.00 bits per heavy atom. The zero-order valence-electron chi connectivity index (χ0n) is 9.88. The number of hydrogen-bond acceptors (Lipinski definition) is 1. The molecule has 2 heteroatoms. The van der Waals surface area contributed by atoms with E-state index in [9.17, 15) is 0 Å². The Balaban J connectivity index is 2.00. The zero-order chi connectivity index (χ0) is 11.9. The fourth-order valence-electron chi connectivity index (χ4n) is 1.94. The lowest BCUT2D eigenvalue weighted by atomic mass is 10.0. The van der Waals surface area contributed by atoms with Gasteiger partial charge in [-0.3, -0.25) is 0 Å². The van der Waals surface area contributed by atoms with Gasteiger partial charge in [-0.2, -0.15) is 0 Å². The van der Waals surface area contributed by atoms with Crippen LogP contribution in [0.4, 0.5) is 0 Å². The predicted molar refractivity (Wildman–Crippen MR) is 73.9 cm³/mol. The quantitative estimate of drug-likeness (QED) is 0.752. The van der Waals surface area contributed by atoms with Crippen LogP contribution in [0.5, 0.6) is 0 Å². The molecule has 2 rings (SSSR count). The summed E-state index contributed by atoms with van der Waals surface area (Å²) in [5, 5.41) is 4.52. The summed E-state index contributed by atoms with van der Waals surface area (Å²) < 4.78 is 0. The zero-order valence-corrected chi connectivity index (χ0v) is 10.7. The molecule has 1 atom stereocenters. The van der Waals surface area contributed by atoms with E-state index in [4.69, 9.17) is 0 Å². The number of nitrogens with two attached hydrogens (primary N) is 1. The van der Waals surface area contributed by atoms with Crippen molar-refractivity contribution >= 4 is 11.3 Å². The summed E-state index contributed by atoms with van der Waals surface area (Å²) in [6.45, 7) is 4.90. The largest absolute Gasteiger partial charge is 0.335 e. The van der Waals surface area contributed by atoms with Gasteiger partial charge in [0.1, 0.15) is 12.6 Å². The van der Waals surface area contributed by atoms with Gasteiger partial charge in [-0.15, -0.1) is 17.9 Å². The van der Waals surface area contributed by atoms with Crippen LogP contribution in [-0.4, -0.2) is 0 Å². The third-order valence-electron chi connectivity index (χ3n) is 2.83. The SMILES string of the molecule is C=CC[C@@H]([NH2+]Cc1cccs1)c1ccccc1. The van der Waals surface area contributed by atoms with Crippen molar-refractivity contribution in [1.29, 1.82) is 0 Å². The van der Waals surface area contributed by atoms with Crippen LogP contribution in [0.3, 0.4) is 0 Å². The summed E-state index contributed by atoms with van der Waals surface area (Å²) in [6.07, 6.45) is 3.01. The lowest BCUT2D eigenvalue weighted by Crippen LogP contribution is -2.83. The summed E-state index contributed by atoms with van der Waals surface area (Å²) in [5.74, 6) is 0. The summed E-state index contributed by atoms with van der Waals surface area (Å²) in [5.41, 5.74) is 1.38. The second kappa shape index (κ2) is 6.38. The monoisotopic (exact) mass is 244 g/mol. The Kier molecular flexibility index (Phi) is 4.54. The summed E-state index contributed by atoms with van der Waals surface area (Å²) >= 11 is 1.82. The lowest BCUT2D eigenvalue weighted by molar-refractivity contribution is -0.710. The molecule has 0 fully saturated rings. The third kappa shape index (κ3) is 3.55. The predicted octanol–water partition coefficient (Wildman–Crippen LogP) is 3.13.